The third kappa shape index (κ3) is 2.99. The number of hydrogen-bond donors (Lipinski definition) is 1. The van der Waals surface area contributed by atoms with Crippen molar-refractivity contribution in [2.75, 3.05) is 0 Å². The van der Waals surface area contributed by atoms with E-state index in [0.717, 1.165) is 44.9 Å². The third-order valence-electron chi connectivity index (χ3n) is 4.26. The van der Waals surface area contributed by atoms with E-state index in [9.17, 15) is 9.90 Å². The normalized spacial score (nSPS) is 31.6. The smallest absolute Gasteiger partial charge is 0.309 e. The van der Waals surface area contributed by atoms with Gasteiger partial charge < -0.3 is 5.11 Å². The molecule has 0 aromatic carbocycles. The van der Waals surface area contributed by atoms with E-state index >= 15 is 0 Å². The van der Waals surface area contributed by atoms with Crippen LogP contribution >= 0.6 is 0 Å². The fourth-order valence-electron chi connectivity index (χ4n) is 3.31. The molecule has 1 rings (SSSR count). The van der Waals surface area contributed by atoms with Gasteiger partial charge in [0.1, 0.15) is 0 Å². The summed E-state index contributed by atoms with van der Waals surface area (Å²) in [7, 11) is 0. The van der Waals surface area contributed by atoms with Crippen LogP contribution in [0.1, 0.15) is 65.7 Å². The number of rotatable bonds is 6. The molecular weight excluding hydrogens is 200 g/mol. The fraction of sp³-hybridized carbons (Fsp3) is 0.929. The molecule has 0 radical (unpaired) electrons. The summed E-state index contributed by atoms with van der Waals surface area (Å²) in [5.74, 6) is 0.646. The molecule has 94 valence electrons. The highest BCUT2D eigenvalue weighted by Crippen LogP contribution is 2.47. The minimum absolute atomic E-state index is 0.394. The van der Waals surface area contributed by atoms with Crippen LogP contribution in [0.2, 0.25) is 0 Å². The second kappa shape index (κ2) is 5.70. The molecule has 1 aliphatic carbocycles. The molecule has 1 saturated carbocycles. The van der Waals surface area contributed by atoms with Crippen molar-refractivity contribution in [2.45, 2.75) is 65.7 Å². The molecule has 0 aliphatic heterocycles. The molecule has 3 unspecified atom stereocenters. The number of carbonyl (C=O) groups is 1. The van der Waals surface area contributed by atoms with E-state index in [1.54, 1.807) is 0 Å². The van der Waals surface area contributed by atoms with Gasteiger partial charge in [-0.05, 0) is 37.5 Å². The standard InChI is InChI=1S/C14H26O2/c1-4-6-11(3)9-14(13(15)16)8-7-12(5-2)10-14/h11-12H,4-10H2,1-3H3,(H,15,16). The van der Waals surface area contributed by atoms with Crippen LogP contribution in [-0.2, 0) is 4.79 Å². The summed E-state index contributed by atoms with van der Waals surface area (Å²) in [6, 6.07) is 0. The van der Waals surface area contributed by atoms with E-state index in [1.165, 1.54) is 0 Å². The van der Waals surface area contributed by atoms with Crippen molar-refractivity contribution in [1.29, 1.82) is 0 Å². The average Bonchev–Trinajstić information content (AvgIpc) is 2.63. The first-order chi connectivity index (χ1) is 7.54. The maximum absolute atomic E-state index is 11.5. The first kappa shape index (κ1) is 13.5. The molecule has 1 fully saturated rings. The number of aliphatic carboxylic acids is 1. The number of hydrogen-bond acceptors (Lipinski definition) is 1. The van der Waals surface area contributed by atoms with Crippen molar-refractivity contribution >= 4 is 5.97 Å². The molecule has 2 nitrogen and oxygen atoms in total. The summed E-state index contributed by atoms with van der Waals surface area (Å²) in [4.78, 5) is 11.5. The van der Waals surface area contributed by atoms with Crippen LogP contribution in [0.4, 0.5) is 0 Å². The molecule has 3 atom stereocenters. The lowest BCUT2D eigenvalue weighted by molar-refractivity contribution is -0.150. The summed E-state index contributed by atoms with van der Waals surface area (Å²) in [5.41, 5.74) is -0.394. The van der Waals surface area contributed by atoms with E-state index in [4.69, 9.17) is 0 Å². The zero-order valence-electron chi connectivity index (χ0n) is 11.0. The van der Waals surface area contributed by atoms with Crippen LogP contribution in [0, 0.1) is 17.3 Å². The van der Waals surface area contributed by atoms with Gasteiger partial charge in [0.05, 0.1) is 5.41 Å². The third-order valence-corrected chi connectivity index (χ3v) is 4.26. The van der Waals surface area contributed by atoms with Gasteiger partial charge in [-0.2, -0.15) is 0 Å². The van der Waals surface area contributed by atoms with Crippen molar-refractivity contribution in [3.05, 3.63) is 0 Å². The van der Waals surface area contributed by atoms with Gasteiger partial charge in [0, 0.05) is 0 Å². The molecule has 0 bridgehead atoms. The summed E-state index contributed by atoms with van der Waals surface area (Å²) >= 11 is 0. The first-order valence-electron chi connectivity index (χ1n) is 6.77. The number of carboxylic acid groups (broad SMARTS) is 1. The average molecular weight is 226 g/mol. The van der Waals surface area contributed by atoms with E-state index in [0.29, 0.717) is 11.8 Å². The van der Waals surface area contributed by atoms with Crippen molar-refractivity contribution < 1.29 is 9.90 Å². The Hall–Kier alpha value is -0.530. The van der Waals surface area contributed by atoms with Crippen LogP contribution in [-0.4, -0.2) is 11.1 Å². The molecule has 0 aromatic rings. The highest BCUT2D eigenvalue weighted by molar-refractivity contribution is 5.75. The summed E-state index contributed by atoms with van der Waals surface area (Å²) in [6.45, 7) is 6.55. The number of carboxylic acids is 1. The van der Waals surface area contributed by atoms with Crippen LogP contribution in [0.15, 0.2) is 0 Å². The summed E-state index contributed by atoms with van der Waals surface area (Å²) < 4.78 is 0. The minimum Gasteiger partial charge on any atom is -0.481 e. The SMILES string of the molecule is CCCC(C)CC1(C(=O)O)CCC(CC)C1. The second-order valence-electron chi connectivity index (χ2n) is 5.70. The van der Waals surface area contributed by atoms with Crippen molar-refractivity contribution in [2.24, 2.45) is 17.3 Å². The van der Waals surface area contributed by atoms with E-state index in [1.807, 2.05) is 0 Å². The monoisotopic (exact) mass is 226 g/mol. The molecule has 16 heavy (non-hydrogen) atoms. The molecule has 0 saturated heterocycles. The molecule has 1 N–H and O–H groups in total. The van der Waals surface area contributed by atoms with Crippen LogP contribution < -0.4 is 0 Å². The molecular formula is C14H26O2. The van der Waals surface area contributed by atoms with E-state index in [-0.39, 0.29) is 0 Å². The Balaban J connectivity index is 2.64. The van der Waals surface area contributed by atoms with Crippen LogP contribution in [0.3, 0.4) is 0 Å². The zero-order chi connectivity index (χ0) is 12.2. The highest BCUT2D eigenvalue weighted by atomic mass is 16.4. The minimum atomic E-state index is -0.550. The lowest BCUT2D eigenvalue weighted by Crippen LogP contribution is -2.30. The topological polar surface area (TPSA) is 37.3 Å². The largest absolute Gasteiger partial charge is 0.481 e. The molecule has 0 aromatic heterocycles. The Morgan fingerprint density at radius 2 is 2.19 bits per heavy atom. The fourth-order valence-corrected chi connectivity index (χ4v) is 3.31. The molecule has 2 heteroatoms. The lowest BCUT2D eigenvalue weighted by Gasteiger charge is -2.27. The predicted octanol–water partition coefficient (Wildman–Crippen LogP) is 4.09. The Bertz CT molecular complexity index is 237. The van der Waals surface area contributed by atoms with Gasteiger partial charge >= 0.3 is 5.97 Å². The van der Waals surface area contributed by atoms with Gasteiger partial charge in [-0.3, -0.25) is 4.79 Å². The molecule has 0 heterocycles. The van der Waals surface area contributed by atoms with Gasteiger partial charge in [-0.15, -0.1) is 0 Å². The van der Waals surface area contributed by atoms with Crippen LogP contribution in [0.5, 0.6) is 0 Å². The Morgan fingerprint density at radius 1 is 1.50 bits per heavy atom. The quantitative estimate of drug-likeness (QED) is 0.740. The van der Waals surface area contributed by atoms with Gasteiger partial charge in [0.25, 0.3) is 0 Å². The summed E-state index contributed by atoms with van der Waals surface area (Å²) in [6.07, 6.45) is 7.26. The highest BCUT2D eigenvalue weighted by Gasteiger charge is 2.45. The predicted molar refractivity (Wildman–Crippen MR) is 66.4 cm³/mol. The van der Waals surface area contributed by atoms with Gasteiger partial charge in [0.15, 0.2) is 0 Å². The maximum atomic E-state index is 11.5. The van der Waals surface area contributed by atoms with Crippen molar-refractivity contribution in [3.8, 4) is 0 Å². The van der Waals surface area contributed by atoms with Gasteiger partial charge in [0.2, 0.25) is 0 Å². The van der Waals surface area contributed by atoms with Gasteiger partial charge in [-0.25, -0.2) is 0 Å². The van der Waals surface area contributed by atoms with Gasteiger partial charge in [-0.1, -0.05) is 40.0 Å². The maximum Gasteiger partial charge on any atom is 0.309 e. The Labute approximate surface area is 99.4 Å². The van der Waals surface area contributed by atoms with Crippen LogP contribution in [0.25, 0.3) is 0 Å². The van der Waals surface area contributed by atoms with E-state index < -0.39 is 11.4 Å². The second-order valence-corrected chi connectivity index (χ2v) is 5.70. The van der Waals surface area contributed by atoms with Crippen molar-refractivity contribution in [3.63, 3.8) is 0 Å². The Kier molecular flexibility index (Phi) is 4.82. The zero-order valence-corrected chi connectivity index (χ0v) is 11.0. The lowest BCUT2D eigenvalue weighted by atomic mass is 9.76. The van der Waals surface area contributed by atoms with E-state index in [2.05, 4.69) is 20.8 Å². The molecule has 0 amide bonds. The molecule has 1 aliphatic rings. The first-order valence-corrected chi connectivity index (χ1v) is 6.77. The Morgan fingerprint density at radius 3 is 2.62 bits per heavy atom. The summed E-state index contributed by atoms with van der Waals surface area (Å²) in [5, 5.41) is 9.49. The molecule has 0 spiro atoms. The van der Waals surface area contributed by atoms with Crippen molar-refractivity contribution in [1.82, 2.24) is 0 Å².